The summed E-state index contributed by atoms with van der Waals surface area (Å²) in [4.78, 5) is 22.3. The number of nitrogens with one attached hydrogen (secondary N) is 1. The lowest BCUT2D eigenvalue weighted by Gasteiger charge is -2.14. The number of thioether (sulfide) groups is 1. The van der Waals surface area contributed by atoms with Gasteiger partial charge in [0.2, 0.25) is 5.91 Å². The minimum Gasteiger partial charge on any atom is -0.483 e. The van der Waals surface area contributed by atoms with Crippen LogP contribution in [0.2, 0.25) is 0 Å². The minimum absolute atomic E-state index is 0.0316. The number of ether oxygens (including phenoxy) is 1. The van der Waals surface area contributed by atoms with E-state index in [1.54, 1.807) is 4.57 Å². The molecular weight excluding hydrogens is 394 g/mol. The normalized spacial score (nSPS) is 11.7. The van der Waals surface area contributed by atoms with Gasteiger partial charge in [0, 0.05) is 24.9 Å². The molecule has 0 aliphatic heterocycles. The Labute approximate surface area is 171 Å². The Balaban J connectivity index is 1.55. The van der Waals surface area contributed by atoms with Crippen LogP contribution in [-0.4, -0.2) is 31.3 Å². The Kier molecular flexibility index (Phi) is 6.45. The predicted octanol–water partition coefficient (Wildman–Crippen LogP) is 3.59. The molecule has 0 saturated carbocycles. The number of benzene rings is 2. The van der Waals surface area contributed by atoms with Crippen LogP contribution in [-0.2, 0) is 11.8 Å². The van der Waals surface area contributed by atoms with Gasteiger partial charge in [0.1, 0.15) is 5.75 Å². The second-order valence-electron chi connectivity index (χ2n) is 6.11. The van der Waals surface area contributed by atoms with Gasteiger partial charge in [-0.1, -0.05) is 30.0 Å². The number of nitrogens with zero attached hydrogens (tertiary/aromatic N) is 4. The van der Waals surface area contributed by atoms with E-state index in [1.165, 1.54) is 36.0 Å². The molecule has 3 rings (SSSR count). The van der Waals surface area contributed by atoms with Crippen LogP contribution in [0.3, 0.4) is 0 Å². The Morgan fingerprint density at radius 1 is 1.21 bits per heavy atom. The third kappa shape index (κ3) is 5.32. The highest BCUT2D eigenvalue weighted by atomic mass is 32.2. The molecule has 0 aliphatic carbocycles. The van der Waals surface area contributed by atoms with Crippen LogP contribution in [0.5, 0.6) is 5.75 Å². The summed E-state index contributed by atoms with van der Waals surface area (Å²) < 4.78 is 7.65. The molecule has 10 heteroatoms. The summed E-state index contributed by atoms with van der Waals surface area (Å²) in [6.07, 6.45) is -0.307. The van der Waals surface area contributed by atoms with Crippen LogP contribution in [0.4, 0.5) is 11.4 Å². The van der Waals surface area contributed by atoms with Gasteiger partial charge in [0.05, 0.1) is 10.7 Å². The third-order valence-electron chi connectivity index (χ3n) is 3.98. The number of amides is 1. The van der Waals surface area contributed by atoms with Crippen molar-refractivity contribution < 1.29 is 14.5 Å². The second kappa shape index (κ2) is 9.20. The van der Waals surface area contributed by atoms with Crippen LogP contribution < -0.4 is 10.1 Å². The molecule has 1 N–H and O–H groups in total. The number of carbonyl (C=O) groups excluding carboxylic acids is 1. The van der Waals surface area contributed by atoms with Crippen LogP contribution in [0.1, 0.15) is 18.9 Å². The van der Waals surface area contributed by atoms with E-state index in [9.17, 15) is 14.9 Å². The number of aromatic nitrogens is 3. The SMILES string of the molecule is C[C@@H](Oc1ccccc1)c1nnc(SCC(=O)Nc2ccc([N+](=O)[O-])cc2)n1C. The van der Waals surface area contributed by atoms with Crippen molar-refractivity contribution in [2.24, 2.45) is 7.05 Å². The van der Waals surface area contributed by atoms with Crippen molar-refractivity contribution in [2.45, 2.75) is 18.2 Å². The van der Waals surface area contributed by atoms with Gasteiger partial charge < -0.3 is 14.6 Å². The summed E-state index contributed by atoms with van der Waals surface area (Å²) in [5, 5.41) is 22.3. The smallest absolute Gasteiger partial charge is 0.269 e. The summed E-state index contributed by atoms with van der Waals surface area (Å²) in [6, 6.07) is 15.1. The molecule has 0 radical (unpaired) electrons. The average molecular weight is 413 g/mol. The molecule has 1 aromatic heterocycles. The summed E-state index contributed by atoms with van der Waals surface area (Å²) in [5.41, 5.74) is 0.459. The molecule has 150 valence electrons. The van der Waals surface area contributed by atoms with E-state index in [0.717, 1.165) is 5.75 Å². The standard InChI is InChI=1S/C19H19N5O4S/c1-13(28-16-6-4-3-5-7-16)18-21-22-19(23(18)2)29-12-17(25)20-14-8-10-15(11-9-14)24(26)27/h3-11,13H,12H2,1-2H3,(H,20,25)/t13-/m1/s1. The summed E-state index contributed by atoms with van der Waals surface area (Å²) in [6.45, 7) is 1.88. The number of anilines is 1. The first-order valence-corrected chi connectivity index (χ1v) is 9.70. The van der Waals surface area contributed by atoms with Crippen LogP contribution >= 0.6 is 11.8 Å². The third-order valence-corrected chi connectivity index (χ3v) is 5.00. The zero-order valence-corrected chi connectivity index (χ0v) is 16.6. The summed E-state index contributed by atoms with van der Waals surface area (Å²) >= 11 is 1.24. The van der Waals surface area contributed by atoms with E-state index < -0.39 is 4.92 Å². The predicted molar refractivity (Wildman–Crippen MR) is 109 cm³/mol. The first-order valence-electron chi connectivity index (χ1n) is 8.72. The molecule has 0 fully saturated rings. The maximum absolute atomic E-state index is 12.1. The van der Waals surface area contributed by atoms with Crippen molar-refractivity contribution in [1.29, 1.82) is 0 Å². The summed E-state index contributed by atoms with van der Waals surface area (Å²) in [5.74, 6) is 1.26. The van der Waals surface area contributed by atoms with Crippen molar-refractivity contribution in [3.05, 3.63) is 70.5 Å². The lowest BCUT2D eigenvalue weighted by atomic mass is 10.3. The highest BCUT2D eigenvalue weighted by molar-refractivity contribution is 7.99. The van der Waals surface area contributed by atoms with Crippen LogP contribution in [0.25, 0.3) is 0 Å². The average Bonchev–Trinajstić information content (AvgIpc) is 3.08. The molecule has 0 saturated heterocycles. The van der Waals surface area contributed by atoms with Crippen molar-refractivity contribution in [3.8, 4) is 5.75 Å². The monoisotopic (exact) mass is 413 g/mol. The van der Waals surface area contributed by atoms with Gasteiger partial charge >= 0.3 is 0 Å². The van der Waals surface area contributed by atoms with Gasteiger partial charge in [-0.05, 0) is 31.2 Å². The number of non-ortho nitro benzene ring substituents is 1. The first-order chi connectivity index (χ1) is 13.9. The van der Waals surface area contributed by atoms with E-state index in [-0.39, 0.29) is 23.5 Å². The first kappa shape index (κ1) is 20.3. The van der Waals surface area contributed by atoms with Crippen molar-refractivity contribution >= 4 is 29.0 Å². The minimum atomic E-state index is -0.490. The molecular formula is C19H19N5O4S. The molecule has 0 spiro atoms. The van der Waals surface area contributed by atoms with Gasteiger partial charge in [-0.3, -0.25) is 14.9 Å². The van der Waals surface area contributed by atoms with Gasteiger partial charge in [0.15, 0.2) is 17.1 Å². The number of hydrogen-bond donors (Lipinski definition) is 1. The van der Waals surface area contributed by atoms with Gasteiger partial charge in [0.25, 0.3) is 5.69 Å². The Morgan fingerprint density at radius 3 is 2.55 bits per heavy atom. The van der Waals surface area contributed by atoms with Crippen molar-refractivity contribution in [1.82, 2.24) is 14.8 Å². The van der Waals surface area contributed by atoms with Gasteiger partial charge in [-0.25, -0.2) is 0 Å². The van der Waals surface area contributed by atoms with E-state index in [4.69, 9.17) is 4.74 Å². The van der Waals surface area contributed by atoms with E-state index in [1.807, 2.05) is 44.3 Å². The Hall–Kier alpha value is -3.40. The second-order valence-corrected chi connectivity index (χ2v) is 7.06. The molecule has 1 heterocycles. The maximum Gasteiger partial charge on any atom is 0.269 e. The highest BCUT2D eigenvalue weighted by Gasteiger charge is 2.18. The molecule has 1 amide bonds. The van der Waals surface area contributed by atoms with E-state index >= 15 is 0 Å². The van der Waals surface area contributed by atoms with Crippen molar-refractivity contribution in [2.75, 3.05) is 11.1 Å². The zero-order chi connectivity index (χ0) is 20.8. The topological polar surface area (TPSA) is 112 Å². The molecule has 9 nitrogen and oxygen atoms in total. The summed E-state index contributed by atoms with van der Waals surface area (Å²) in [7, 11) is 1.82. The number of carbonyl (C=O) groups is 1. The number of para-hydroxylation sites is 1. The van der Waals surface area contributed by atoms with Gasteiger partial charge in [-0.2, -0.15) is 0 Å². The maximum atomic E-state index is 12.1. The highest BCUT2D eigenvalue weighted by Crippen LogP contribution is 2.23. The Bertz CT molecular complexity index is 992. The zero-order valence-electron chi connectivity index (χ0n) is 15.8. The molecule has 0 unspecified atom stereocenters. The molecule has 2 aromatic carbocycles. The fourth-order valence-electron chi connectivity index (χ4n) is 2.56. The van der Waals surface area contributed by atoms with E-state index in [0.29, 0.717) is 16.7 Å². The molecule has 0 aliphatic rings. The molecule has 0 bridgehead atoms. The number of nitro groups is 1. The number of rotatable bonds is 8. The lowest BCUT2D eigenvalue weighted by Crippen LogP contribution is -2.14. The fourth-order valence-corrected chi connectivity index (χ4v) is 3.27. The van der Waals surface area contributed by atoms with Crippen LogP contribution in [0.15, 0.2) is 59.8 Å². The number of nitro benzene ring substituents is 1. The Morgan fingerprint density at radius 2 is 1.90 bits per heavy atom. The quantitative estimate of drug-likeness (QED) is 0.341. The number of hydrogen-bond acceptors (Lipinski definition) is 7. The van der Waals surface area contributed by atoms with Gasteiger partial charge in [-0.15, -0.1) is 10.2 Å². The van der Waals surface area contributed by atoms with E-state index in [2.05, 4.69) is 15.5 Å². The molecule has 1 atom stereocenters. The fraction of sp³-hybridized carbons (Fsp3) is 0.211. The largest absolute Gasteiger partial charge is 0.483 e. The van der Waals surface area contributed by atoms with Crippen molar-refractivity contribution in [3.63, 3.8) is 0 Å². The lowest BCUT2D eigenvalue weighted by molar-refractivity contribution is -0.384. The molecule has 3 aromatic rings. The van der Waals surface area contributed by atoms with Crippen LogP contribution in [0, 0.1) is 10.1 Å². The molecule has 29 heavy (non-hydrogen) atoms.